The summed E-state index contributed by atoms with van der Waals surface area (Å²) >= 11 is 3.30. The molecule has 1 aromatic heterocycles. The average molecular weight is 269 g/mol. The van der Waals surface area contributed by atoms with Crippen molar-refractivity contribution in [1.82, 2.24) is 0 Å². The van der Waals surface area contributed by atoms with Gasteiger partial charge in [-0.3, -0.25) is 4.79 Å². The van der Waals surface area contributed by atoms with Crippen LogP contribution in [0.5, 0.6) is 0 Å². The first kappa shape index (κ1) is 10.7. The Morgan fingerprint density at radius 2 is 2.40 bits per heavy atom. The molecule has 15 heavy (non-hydrogen) atoms. The van der Waals surface area contributed by atoms with Crippen LogP contribution in [0.1, 0.15) is 36.7 Å². The van der Waals surface area contributed by atoms with Crippen molar-refractivity contribution in [1.29, 1.82) is 0 Å². The molecular weight excluding hydrogens is 256 g/mol. The van der Waals surface area contributed by atoms with Crippen molar-refractivity contribution in [2.24, 2.45) is 5.92 Å². The average Bonchev–Trinajstić information content (AvgIpc) is 2.65. The summed E-state index contributed by atoms with van der Waals surface area (Å²) in [4.78, 5) is 12.0. The Kier molecular flexibility index (Phi) is 3.10. The molecule has 2 rings (SSSR count). The molecular formula is C12H13BrO2. The highest BCUT2D eigenvalue weighted by molar-refractivity contribution is 9.10. The third-order valence-corrected chi connectivity index (χ3v) is 3.41. The fourth-order valence-electron chi connectivity index (χ4n) is 1.77. The van der Waals surface area contributed by atoms with Crippen LogP contribution in [0.2, 0.25) is 0 Å². The molecule has 80 valence electrons. The van der Waals surface area contributed by atoms with Crippen molar-refractivity contribution in [2.75, 3.05) is 0 Å². The minimum absolute atomic E-state index is 0.0266. The third kappa shape index (κ3) is 2.23. The van der Waals surface area contributed by atoms with Gasteiger partial charge in [-0.1, -0.05) is 13.0 Å². The van der Waals surface area contributed by atoms with E-state index >= 15 is 0 Å². The molecule has 0 N–H and O–H groups in total. The lowest BCUT2D eigenvalue weighted by atomic mass is 9.89. The Bertz CT molecular complexity index is 404. The Morgan fingerprint density at radius 1 is 1.60 bits per heavy atom. The minimum atomic E-state index is 0.0266. The van der Waals surface area contributed by atoms with Gasteiger partial charge >= 0.3 is 0 Å². The summed E-state index contributed by atoms with van der Waals surface area (Å²) in [6.45, 7) is 2.21. The predicted molar refractivity (Wildman–Crippen MR) is 61.8 cm³/mol. The van der Waals surface area contributed by atoms with Gasteiger partial charge in [0.25, 0.3) is 0 Å². The van der Waals surface area contributed by atoms with E-state index < -0.39 is 0 Å². The first-order valence-electron chi connectivity index (χ1n) is 5.15. The molecule has 0 aromatic carbocycles. The molecule has 0 saturated carbocycles. The molecule has 0 fully saturated rings. The second-order valence-corrected chi connectivity index (χ2v) is 4.89. The van der Waals surface area contributed by atoms with Crippen molar-refractivity contribution < 1.29 is 9.21 Å². The molecule has 1 unspecified atom stereocenters. The van der Waals surface area contributed by atoms with E-state index in [2.05, 4.69) is 22.9 Å². The van der Waals surface area contributed by atoms with Crippen LogP contribution in [0.4, 0.5) is 0 Å². The summed E-state index contributed by atoms with van der Waals surface area (Å²) in [7, 11) is 0. The van der Waals surface area contributed by atoms with Gasteiger partial charge in [0, 0.05) is 0 Å². The number of rotatable bonds is 2. The molecule has 0 bridgehead atoms. The maximum absolute atomic E-state index is 12.0. The number of hydrogen-bond acceptors (Lipinski definition) is 2. The van der Waals surface area contributed by atoms with Gasteiger partial charge in [-0.2, -0.15) is 0 Å². The quantitative estimate of drug-likeness (QED) is 0.760. The largest absolute Gasteiger partial charge is 0.460 e. The SMILES string of the molecule is CC1CC=C(C(=O)c2occc2Br)CC1. The van der Waals surface area contributed by atoms with Crippen molar-refractivity contribution >= 4 is 21.7 Å². The van der Waals surface area contributed by atoms with Gasteiger partial charge in [-0.25, -0.2) is 0 Å². The highest BCUT2D eigenvalue weighted by Crippen LogP contribution is 2.28. The number of carbonyl (C=O) groups is 1. The summed E-state index contributed by atoms with van der Waals surface area (Å²) in [6, 6.07) is 1.75. The molecule has 1 atom stereocenters. The van der Waals surface area contributed by atoms with Crippen LogP contribution in [0, 0.1) is 5.92 Å². The smallest absolute Gasteiger partial charge is 0.225 e. The third-order valence-electron chi connectivity index (χ3n) is 2.79. The first-order chi connectivity index (χ1) is 7.18. The first-order valence-corrected chi connectivity index (χ1v) is 5.94. The highest BCUT2D eigenvalue weighted by Gasteiger charge is 2.21. The summed E-state index contributed by atoms with van der Waals surface area (Å²) in [6.07, 6.45) is 6.54. The standard InChI is InChI=1S/C12H13BrO2/c1-8-2-4-9(5-3-8)11(14)12-10(13)6-7-15-12/h4,6-8H,2-3,5H2,1H3. The van der Waals surface area contributed by atoms with Crippen LogP contribution < -0.4 is 0 Å². The van der Waals surface area contributed by atoms with Crippen molar-refractivity contribution in [3.63, 3.8) is 0 Å². The Morgan fingerprint density at radius 3 is 2.93 bits per heavy atom. The fraction of sp³-hybridized carbons (Fsp3) is 0.417. The molecule has 1 aliphatic rings. The summed E-state index contributed by atoms with van der Waals surface area (Å²) < 4.78 is 5.91. The van der Waals surface area contributed by atoms with E-state index in [0.29, 0.717) is 11.7 Å². The van der Waals surface area contributed by atoms with Gasteiger partial charge in [0.05, 0.1) is 10.7 Å². The molecule has 1 heterocycles. The molecule has 0 spiro atoms. The van der Waals surface area contributed by atoms with Crippen LogP contribution >= 0.6 is 15.9 Å². The maximum atomic E-state index is 12.0. The molecule has 0 radical (unpaired) electrons. The van der Waals surface area contributed by atoms with Crippen LogP contribution in [-0.4, -0.2) is 5.78 Å². The van der Waals surface area contributed by atoms with E-state index in [1.54, 1.807) is 6.07 Å². The van der Waals surface area contributed by atoms with E-state index in [1.807, 2.05) is 6.08 Å². The fourth-order valence-corrected chi connectivity index (χ4v) is 2.15. The van der Waals surface area contributed by atoms with Crippen LogP contribution in [-0.2, 0) is 0 Å². The van der Waals surface area contributed by atoms with Crippen molar-refractivity contribution in [3.05, 3.63) is 34.2 Å². The predicted octanol–water partition coefficient (Wildman–Crippen LogP) is 3.97. The molecule has 0 amide bonds. The lowest BCUT2D eigenvalue weighted by molar-refractivity contribution is 0.0996. The summed E-state index contributed by atoms with van der Waals surface area (Å²) in [5, 5.41) is 0. The van der Waals surface area contributed by atoms with Crippen LogP contribution in [0.15, 0.2) is 32.9 Å². The van der Waals surface area contributed by atoms with E-state index in [0.717, 1.165) is 29.3 Å². The number of ketones is 1. The van der Waals surface area contributed by atoms with Crippen LogP contribution in [0.25, 0.3) is 0 Å². The summed E-state index contributed by atoms with van der Waals surface area (Å²) in [5.74, 6) is 1.15. The Labute approximate surface area is 97.5 Å². The van der Waals surface area contributed by atoms with Crippen molar-refractivity contribution in [2.45, 2.75) is 26.2 Å². The molecule has 0 aliphatic heterocycles. The second-order valence-electron chi connectivity index (χ2n) is 4.04. The molecule has 1 aliphatic carbocycles. The lowest BCUT2D eigenvalue weighted by Gasteiger charge is -2.16. The topological polar surface area (TPSA) is 30.2 Å². The second kappa shape index (κ2) is 4.35. The Hall–Kier alpha value is -0.830. The van der Waals surface area contributed by atoms with Gasteiger partial charge in [0.2, 0.25) is 5.78 Å². The molecule has 1 aromatic rings. The monoisotopic (exact) mass is 268 g/mol. The van der Waals surface area contributed by atoms with Gasteiger partial charge in [0.15, 0.2) is 5.76 Å². The number of Topliss-reactive ketones (excluding diaryl/α,β-unsaturated/α-hetero) is 1. The zero-order valence-corrected chi connectivity index (χ0v) is 10.2. The minimum Gasteiger partial charge on any atom is -0.460 e. The number of halogens is 1. The van der Waals surface area contributed by atoms with Gasteiger partial charge in [-0.05, 0) is 52.7 Å². The summed E-state index contributed by atoms with van der Waals surface area (Å²) in [5.41, 5.74) is 0.892. The number of allylic oxidation sites excluding steroid dienone is 2. The van der Waals surface area contributed by atoms with Crippen molar-refractivity contribution in [3.8, 4) is 0 Å². The highest BCUT2D eigenvalue weighted by atomic mass is 79.9. The van der Waals surface area contributed by atoms with E-state index in [1.165, 1.54) is 6.26 Å². The van der Waals surface area contributed by atoms with E-state index in [9.17, 15) is 4.79 Å². The van der Waals surface area contributed by atoms with Gasteiger partial charge in [0.1, 0.15) is 0 Å². The van der Waals surface area contributed by atoms with E-state index in [-0.39, 0.29) is 5.78 Å². The number of hydrogen-bond donors (Lipinski definition) is 0. The Balaban J connectivity index is 2.19. The molecule has 2 nitrogen and oxygen atoms in total. The number of carbonyl (C=O) groups excluding carboxylic acids is 1. The molecule has 0 saturated heterocycles. The number of furan rings is 1. The van der Waals surface area contributed by atoms with E-state index in [4.69, 9.17) is 4.42 Å². The molecule has 3 heteroatoms. The van der Waals surface area contributed by atoms with Crippen LogP contribution in [0.3, 0.4) is 0 Å². The normalized spacial score (nSPS) is 21.2. The zero-order valence-electron chi connectivity index (χ0n) is 8.63. The maximum Gasteiger partial charge on any atom is 0.225 e. The lowest BCUT2D eigenvalue weighted by Crippen LogP contribution is -2.09. The zero-order chi connectivity index (χ0) is 10.8. The van der Waals surface area contributed by atoms with Gasteiger partial charge in [-0.15, -0.1) is 0 Å². The van der Waals surface area contributed by atoms with Gasteiger partial charge < -0.3 is 4.42 Å².